The number of Topliss-reactive ketones (excluding diaryl/α,β-unsaturated/α-hetero) is 1. The second-order valence-corrected chi connectivity index (χ2v) is 5.57. The van der Waals surface area contributed by atoms with Crippen LogP contribution in [-0.4, -0.2) is 35.2 Å². The van der Waals surface area contributed by atoms with Crippen molar-refractivity contribution in [1.82, 2.24) is 10.2 Å². The van der Waals surface area contributed by atoms with E-state index >= 15 is 0 Å². The second kappa shape index (κ2) is 8.11. The number of para-hydroxylation sites is 1. The molecule has 2 aromatic carbocycles. The highest BCUT2D eigenvalue weighted by Crippen LogP contribution is 2.19. The van der Waals surface area contributed by atoms with Crippen LogP contribution in [0.25, 0.3) is 11.3 Å². The van der Waals surface area contributed by atoms with Crippen molar-refractivity contribution in [3.05, 3.63) is 71.9 Å². The SMILES string of the molecule is CC(=O)c1ccccc1OCCOC(=O)c1cc(-c2ccccc2)n[nH]1. The minimum atomic E-state index is -0.511. The number of esters is 1. The number of ether oxygens (including phenoxy) is 2. The molecule has 0 bridgehead atoms. The third kappa shape index (κ3) is 4.16. The summed E-state index contributed by atoms with van der Waals surface area (Å²) in [5.41, 5.74) is 2.35. The van der Waals surface area contributed by atoms with Crippen LogP contribution >= 0.6 is 0 Å². The Morgan fingerprint density at radius 3 is 2.50 bits per heavy atom. The Morgan fingerprint density at radius 2 is 1.73 bits per heavy atom. The lowest BCUT2D eigenvalue weighted by molar-refractivity contribution is 0.0442. The van der Waals surface area contributed by atoms with Gasteiger partial charge in [0.15, 0.2) is 5.78 Å². The zero-order valence-corrected chi connectivity index (χ0v) is 14.3. The fraction of sp³-hybridized carbons (Fsp3) is 0.150. The number of hydrogen-bond acceptors (Lipinski definition) is 5. The molecule has 0 spiro atoms. The average molecular weight is 350 g/mol. The van der Waals surface area contributed by atoms with Crippen molar-refractivity contribution in [2.24, 2.45) is 0 Å². The Labute approximate surface area is 150 Å². The minimum absolute atomic E-state index is 0.0603. The molecule has 6 heteroatoms. The molecule has 0 aliphatic rings. The predicted molar refractivity (Wildman–Crippen MR) is 96.2 cm³/mol. The molecule has 6 nitrogen and oxygen atoms in total. The van der Waals surface area contributed by atoms with Gasteiger partial charge in [0.25, 0.3) is 0 Å². The summed E-state index contributed by atoms with van der Waals surface area (Å²) in [6.07, 6.45) is 0. The van der Waals surface area contributed by atoms with Crippen molar-refractivity contribution >= 4 is 11.8 Å². The third-order valence-electron chi connectivity index (χ3n) is 3.71. The van der Waals surface area contributed by atoms with Gasteiger partial charge in [-0.3, -0.25) is 9.89 Å². The predicted octanol–water partition coefficient (Wildman–Crippen LogP) is 3.52. The highest BCUT2D eigenvalue weighted by Gasteiger charge is 2.13. The summed E-state index contributed by atoms with van der Waals surface area (Å²) in [6, 6.07) is 18.1. The number of nitrogens with zero attached hydrogens (tertiary/aromatic N) is 1. The van der Waals surface area contributed by atoms with Gasteiger partial charge in [0.05, 0.1) is 11.3 Å². The van der Waals surface area contributed by atoms with E-state index in [4.69, 9.17) is 9.47 Å². The van der Waals surface area contributed by atoms with E-state index in [1.165, 1.54) is 6.92 Å². The molecule has 0 amide bonds. The van der Waals surface area contributed by atoms with Crippen molar-refractivity contribution in [2.45, 2.75) is 6.92 Å². The molecule has 0 fully saturated rings. The zero-order chi connectivity index (χ0) is 18.4. The van der Waals surface area contributed by atoms with Gasteiger partial charge in [0.1, 0.15) is 24.7 Å². The van der Waals surface area contributed by atoms with Crippen molar-refractivity contribution in [3.8, 4) is 17.0 Å². The maximum atomic E-state index is 12.1. The molecule has 26 heavy (non-hydrogen) atoms. The Hall–Kier alpha value is -3.41. The molecule has 0 aliphatic carbocycles. The number of nitrogens with one attached hydrogen (secondary N) is 1. The van der Waals surface area contributed by atoms with Crippen LogP contribution in [0.5, 0.6) is 5.75 Å². The molecule has 132 valence electrons. The van der Waals surface area contributed by atoms with E-state index in [0.29, 0.717) is 17.0 Å². The fourth-order valence-electron chi connectivity index (χ4n) is 2.43. The quantitative estimate of drug-likeness (QED) is 0.401. The van der Waals surface area contributed by atoms with Crippen LogP contribution in [0.4, 0.5) is 0 Å². The van der Waals surface area contributed by atoms with Gasteiger partial charge in [-0.25, -0.2) is 4.79 Å². The maximum absolute atomic E-state index is 12.1. The van der Waals surface area contributed by atoms with Crippen molar-refractivity contribution in [3.63, 3.8) is 0 Å². The summed E-state index contributed by atoms with van der Waals surface area (Å²) < 4.78 is 10.7. The molecular weight excluding hydrogens is 332 g/mol. The maximum Gasteiger partial charge on any atom is 0.356 e. The van der Waals surface area contributed by atoms with E-state index in [9.17, 15) is 9.59 Å². The van der Waals surface area contributed by atoms with E-state index in [0.717, 1.165) is 5.56 Å². The second-order valence-electron chi connectivity index (χ2n) is 5.57. The van der Waals surface area contributed by atoms with Gasteiger partial charge in [-0.1, -0.05) is 42.5 Å². The number of ketones is 1. The van der Waals surface area contributed by atoms with Crippen LogP contribution in [0, 0.1) is 0 Å². The largest absolute Gasteiger partial charge is 0.489 e. The van der Waals surface area contributed by atoms with E-state index < -0.39 is 5.97 Å². The molecular formula is C20H18N2O4. The summed E-state index contributed by atoms with van der Waals surface area (Å²) in [4.78, 5) is 23.6. The lowest BCUT2D eigenvalue weighted by atomic mass is 10.1. The summed E-state index contributed by atoms with van der Waals surface area (Å²) in [5, 5.41) is 6.80. The summed E-state index contributed by atoms with van der Waals surface area (Å²) in [7, 11) is 0. The first-order valence-corrected chi connectivity index (χ1v) is 8.16. The normalized spacial score (nSPS) is 10.3. The molecule has 3 aromatic rings. The number of aromatic nitrogens is 2. The number of carbonyl (C=O) groups excluding carboxylic acids is 2. The molecule has 0 saturated heterocycles. The van der Waals surface area contributed by atoms with Gasteiger partial charge in [-0.15, -0.1) is 0 Å². The van der Waals surface area contributed by atoms with Crippen LogP contribution in [-0.2, 0) is 4.74 Å². The standard InChI is InChI=1S/C20H18N2O4/c1-14(23)16-9-5-6-10-19(16)25-11-12-26-20(24)18-13-17(21-22-18)15-7-3-2-4-8-15/h2-10,13H,11-12H2,1H3,(H,21,22). The third-order valence-corrected chi connectivity index (χ3v) is 3.71. The van der Waals surface area contributed by atoms with Crippen molar-refractivity contribution in [1.29, 1.82) is 0 Å². The smallest absolute Gasteiger partial charge is 0.356 e. The zero-order valence-electron chi connectivity index (χ0n) is 14.3. The molecule has 3 rings (SSSR count). The number of rotatable bonds is 7. The van der Waals surface area contributed by atoms with Crippen LogP contribution < -0.4 is 4.74 Å². The fourth-order valence-corrected chi connectivity index (χ4v) is 2.43. The summed E-state index contributed by atoms with van der Waals surface area (Å²) in [5.74, 6) is -0.115. The van der Waals surface area contributed by atoms with Crippen LogP contribution in [0.1, 0.15) is 27.8 Å². The van der Waals surface area contributed by atoms with Gasteiger partial charge >= 0.3 is 5.97 Å². The lowest BCUT2D eigenvalue weighted by Gasteiger charge is -2.09. The van der Waals surface area contributed by atoms with Crippen LogP contribution in [0.2, 0.25) is 0 Å². The van der Waals surface area contributed by atoms with E-state index in [-0.39, 0.29) is 24.7 Å². The monoisotopic (exact) mass is 350 g/mol. The van der Waals surface area contributed by atoms with Crippen molar-refractivity contribution in [2.75, 3.05) is 13.2 Å². The molecule has 0 atom stereocenters. The van der Waals surface area contributed by atoms with Crippen molar-refractivity contribution < 1.29 is 19.1 Å². The number of hydrogen-bond donors (Lipinski definition) is 1. The minimum Gasteiger partial charge on any atom is -0.489 e. The van der Waals surface area contributed by atoms with Crippen LogP contribution in [0.15, 0.2) is 60.7 Å². The van der Waals surface area contributed by atoms with Crippen LogP contribution in [0.3, 0.4) is 0 Å². The Kier molecular flexibility index (Phi) is 5.43. The number of H-pyrrole nitrogens is 1. The first kappa shape index (κ1) is 17.4. The Bertz CT molecular complexity index is 903. The number of benzene rings is 2. The first-order chi connectivity index (χ1) is 12.6. The van der Waals surface area contributed by atoms with Gasteiger partial charge < -0.3 is 9.47 Å². The molecule has 0 unspecified atom stereocenters. The number of carbonyl (C=O) groups is 2. The van der Waals surface area contributed by atoms with Gasteiger partial charge in [0.2, 0.25) is 0 Å². The van der Waals surface area contributed by atoms with E-state index in [1.54, 1.807) is 30.3 Å². The Morgan fingerprint density at radius 1 is 1.00 bits per heavy atom. The highest BCUT2D eigenvalue weighted by atomic mass is 16.6. The van der Waals surface area contributed by atoms with Gasteiger partial charge in [0, 0.05) is 5.56 Å². The van der Waals surface area contributed by atoms with E-state index in [2.05, 4.69) is 10.2 Å². The molecule has 0 aliphatic heterocycles. The lowest BCUT2D eigenvalue weighted by Crippen LogP contribution is -2.13. The Balaban J connectivity index is 1.52. The molecule has 1 N–H and O–H groups in total. The summed E-state index contributed by atoms with van der Waals surface area (Å²) >= 11 is 0. The topological polar surface area (TPSA) is 81.3 Å². The first-order valence-electron chi connectivity index (χ1n) is 8.16. The van der Waals surface area contributed by atoms with Gasteiger partial charge in [-0.05, 0) is 25.1 Å². The van der Waals surface area contributed by atoms with E-state index in [1.807, 2.05) is 30.3 Å². The molecule has 0 radical (unpaired) electrons. The number of aromatic amines is 1. The molecule has 1 aromatic heterocycles. The van der Waals surface area contributed by atoms with Gasteiger partial charge in [-0.2, -0.15) is 5.10 Å². The summed E-state index contributed by atoms with van der Waals surface area (Å²) in [6.45, 7) is 1.69. The molecule has 1 heterocycles. The highest BCUT2D eigenvalue weighted by molar-refractivity contribution is 5.96. The average Bonchev–Trinajstić information content (AvgIpc) is 3.16. The molecule has 0 saturated carbocycles.